The van der Waals surface area contributed by atoms with Gasteiger partial charge in [0.15, 0.2) is 0 Å². The number of carbonyl (C=O) groups excluding carboxylic acids is 1. The lowest BCUT2D eigenvalue weighted by Gasteiger charge is -2.19. The van der Waals surface area contributed by atoms with Crippen molar-refractivity contribution in [3.05, 3.63) is 40.0 Å². The molecular formula is C18H25ClN2O2S. The molecule has 2 aliphatic rings. The predicted octanol–water partition coefficient (Wildman–Crippen LogP) is 3.21. The van der Waals surface area contributed by atoms with E-state index in [1.807, 2.05) is 24.5 Å². The van der Waals surface area contributed by atoms with Crippen molar-refractivity contribution in [1.82, 2.24) is 5.32 Å². The monoisotopic (exact) mass is 368 g/mol. The number of rotatable bonds is 3. The van der Waals surface area contributed by atoms with E-state index in [-0.39, 0.29) is 0 Å². The summed E-state index contributed by atoms with van der Waals surface area (Å²) in [6.45, 7) is 0.612. The van der Waals surface area contributed by atoms with E-state index in [1.54, 1.807) is 6.08 Å². The Morgan fingerprint density at radius 1 is 1.33 bits per heavy atom. The number of nitrogens with one attached hydrogen (secondary N) is 1. The molecule has 1 aliphatic carbocycles. The summed E-state index contributed by atoms with van der Waals surface area (Å²) in [5.74, 6) is 1.27. The smallest absolute Gasteiger partial charge is 0.264 e. The van der Waals surface area contributed by atoms with E-state index in [0.29, 0.717) is 17.3 Å². The van der Waals surface area contributed by atoms with Crippen molar-refractivity contribution in [3.63, 3.8) is 0 Å². The molecule has 1 saturated carbocycles. The third-order valence-corrected chi connectivity index (χ3v) is 5.51. The molecule has 1 heterocycles. The quantitative estimate of drug-likeness (QED) is 0.860. The molecule has 1 atom stereocenters. The van der Waals surface area contributed by atoms with Gasteiger partial charge in [-0.3, -0.25) is 9.00 Å². The van der Waals surface area contributed by atoms with Crippen LogP contribution in [0.2, 0.25) is 5.02 Å². The molecule has 0 bridgehead atoms. The molecule has 1 aromatic carbocycles. The van der Waals surface area contributed by atoms with Crippen molar-refractivity contribution < 1.29 is 9.00 Å². The standard InChI is InChI=1S/C10H9ClN2O.C8H16OS/c11-8-2-1-6-5-13-9(10(12)14)4-7(6)3-8;1-10(9)7-8-5-3-2-4-6-8/h1-4,13H,5H2,(H2,12,14);8H,2-7H2,1H3. The number of halogens is 1. The molecule has 4 nitrogen and oxygen atoms in total. The summed E-state index contributed by atoms with van der Waals surface area (Å²) >= 11 is 5.84. The van der Waals surface area contributed by atoms with Gasteiger partial charge in [0.2, 0.25) is 0 Å². The zero-order chi connectivity index (χ0) is 17.5. The molecule has 0 saturated heterocycles. The first-order valence-corrected chi connectivity index (χ1v) is 10.4. The fraction of sp³-hybridized carbons (Fsp3) is 0.500. The van der Waals surface area contributed by atoms with Crippen LogP contribution in [0.5, 0.6) is 0 Å². The van der Waals surface area contributed by atoms with Gasteiger partial charge in [0, 0.05) is 34.4 Å². The second-order valence-corrected chi connectivity index (χ2v) is 8.28. The molecule has 3 rings (SSSR count). The van der Waals surface area contributed by atoms with E-state index in [9.17, 15) is 9.00 Å². The fourth-order valence-corrected chi connectivity index (χ4v) is 4.28. The average Bonchev–Trinajstić information content (AvgIpc) is 2.55. The first-order valence-electron chi connectivity index (χ1n) is 8.29. The van der Waals surface area contributed by atoms with Crippen LogP contribution >= 0.6 is 11.6 Å². The molecule has 0 spiro atoms. The minimum Gasteiger partial charge on any atom is -0.376 e. The Hall–Kier alpha value is -1.33. The SMILES string of the molecule is CS(=O)CC1CCCCC1.NC(=O)C1=Cc2cc(Cl)ccc2CN1. The summed E-state index contributed by atoms with van der Waals surface area (Å²) in [4.78, 5) is 10.9. The lowest BCUT2D eigenvalue weighted by Crippen LogP contribution is -2.28. The lowest BCUT2D eigenvalue weighted by molar-refractivity contribution is -0.114. The summed E-state index contributed by atoms with van der Waals surface area (Å²) in [6.07, 6.45) is 10.3. The number of nitrogens with two attached hydrogens (primary N) is 1. The van der Waals surface area contributed by atoms with E-state index in [2.05, 4.69) is 5.32 Å². The Bertz CT molecular complexity index is 640. The van der Waals surface area contributed by atoms with E-state index in [4.69, 9.17) is 17.3 Å². The summed E-state index contributed by atoms with van der Waals surface area (Å²) in [5, 5.41) is 3.60. The van der Waals surface area contributed by atoms with E-state index < -0.39 is 16.7 Å². The molecule has 24 heavy (non-hydrogen) atoms. The Labute approximate surface area is 151 Å². The van der Waals surface area contributed by atoms with Gasteiger partial charge in [-0.15, -0.1) is 0 Å². The maximum Gasteiger partial charge on any atom is 0.264 e. The van der Waals surface area contributed by atoms with Crippen LogP contribution in [0.15, 0.2) is 23.9 Å². The Morgan fingerprint density at radius 2 is 2.04 bits per heavy atom. The van der Waals surface area contributed by atoms with Crippen LogP contribution in [0, 0.1) is 5.92 Å². The van der Waals surface area contributed by atoms with Crippen molar-refractivity contribution in [2.75, 3.05) is 12.0 Å². The molecule has 132 valence electrons. The topological polar surface area (TPSA) is 72.2 Å². The summed E-state index contributed by atoms with van der Waals surface area (Å²) in [7, 11) is -0.563. The van der Waals surface area contributed by atoms with Gasteiger partial charge in [-0.25, -0.2) is 0 Å². The van der Waals surface area contributed by atoms with Gasteiger partial charge in [0.1, 0.15) is 5.70 Å². The number of benzene rings is 1. The van der Waals surface area contributed by atoms with Crippen LogP contribution in [0.1, 0.15) is 43.2 Å². The first-order chi connectivity index (χ1) is 11.5. The Kier molecular flexibility index (Phi) is 7.31. The van der Waals surface area contributed by atoms with Gasteiger partial charge < -0.3 is 11.1 Å². The fourth-order valence-electron chi connectivity index (χ4n) is 3.10. The molecule has 1 unspecified atom stereocenters. The number of hydrogen-bond acceptors (Lipinski definition) is 3. The van der Waals surface area contributed by atoms with Crippen molar-refractivity contribution in [2.45, 2.75) is 38.6 Å². The van der Waals surface area contributed by atoms with E-state index >= 15 is 0 Å². The highest BCUT2D eigenvalue weighted by Gasteiger charge is 2.14. The van der Waals surface area contributed by atoms with Crippen LogP contribution in [-0.4, -0.2) is 22.1 Å². The van der Waals surface area contributed by atoms with Crippen molar-refractivity contribution >= 4 is 34.4 Å². The minimum absolute atomic E-state index is 0.430. The Morgan fingerprint density at radius 3 is 2.67 bits per heavy atom. The van der Waals surface area contributed by atoms with Gasteiger partial charge >= 0.3 is 0 Å². The maximum absolute atomic E-state index is 10.9. The minimum atomic E-state index is -0.563. The van der Waals surface area contributed by atoms with Crippen molar-refractivity contribution in [3.8, 4) is 0 Å². The summed E-state index contributed by atoms with van der Waals surface area (Å²) in [5.41, 5.74) is 7.65. The third kappa shape index (κ3) is 5.95. The zero-order valence-electron chi connectivity index (χ0n) is 14.0. The van der Waals surface area contributed by atoms with Gasteiger partial charge in [0.05, 0.1) is 0 Å². The number of amides is 1. The summed E-state index contributed by atoms with van der Waals surface area (Å²) < 4.78 is 10.8. The molecule has 0 radical (unpaired) electrons. The van der Waals surface area contributed by atoms with E-state index in [1.165, 1.54) is 32.1 Å². The zero-order valence-corrected chi connectivity index (χ0v) is 15.6. The number of fused-ring (bicyclic) bond motifs is 1. The predicted molar refractivity (Wildman–Crippen MR) is 101 cm³/mol. The highest BCUT2D eigenvalue weighted by atomic mass is 35.5. The number of carbonyl (C=O) groups is 1. The maximum atomic E-state index is 10.9. The molecule has 1 aromatic rings. The highest BCUT2D eigenvalue weighted by Crippen LogP contribution is 2.24. The molecule has 0 aromatic heterocycles. The largest absolute Gasteiger partial charge is 0.376 e. The first kappa shape index (κ1) is 19.0. The molecular weight excluding hydrogens is 344 g/mol. The third-order valence-electron chi connectivity index (χ3n) is 4.34. The van der Waals surface area contributed by atoms with Gasteiger partial charge in [-0.05, 0) is 48.1 Å². The van der Waals surface area contributed by atoms with Crippen LogP contribution in [0.4, 0.5) is 0 Å². The normalized spacial score (nSPS) is 18.3. The van der Waals surface area contributed by atoms with Gasteiger partial charge in [0.25, 0.3) is 5.91 Å². The molecule has 1 aliphatic heterocycles. The Balaban J connectivity index is 0.000000185. The number of primary amides is 1. The van der Waals surface area contributed by atoms with Gasteiger partial charge in [-0.2, -0.15) is 0 Å². The van der Waals surface area contributed by atoms with E-state index in [0.717, 1.165) is 22.8 Å². The van der Waals surface area contributed by atoms with Crippen LogP contribution in [-0.2, 0) is 22.1 Å². The van der Waals surface area contributed by atoms with Gasteiger partial charge in [-0.1, -0.05) is 36.9 Å². The summed E-state index contributed by atoms with van der Waals surface area (Å²) in [6, 6.07) is 5.57. The van der Waals surface area contributed by atoms with Crippen LogP contribution < -0.4 is 11.1 Å². The van der Waals surface area contributed by atoms with Crippen LogP contribution in [0.25, 0.3) is 6.08 Å². The van der Waals surface area contributed by atoms with Crippen molar-refractivity contribution in [1.29, 1.82) is 0 Å². The molecule has 1 amide bonds. The second kappa shape index (κ2) is 9.23. The lowest BCUT2D eigenvalue weighted by atomic mass is 9.91. The number of hydrogen-bond donors (Lipinski definition) is 2. The molecule has 6 heteroatoms. The second-order valence-electron chi connectivity index (χ2n) is 6.36. The molecule has 1 fully saturated rings. The average molecular weight is 369 g/mol. The van der Waals surface area contributed by atoms with Crippen LogP contribution in [0.3, 0.4) is 0 Å². The molecule has 3 N–H and O–H groups in total. The van der Waals surface area contributed by atoms with Crippen molar-refractivity contribution in [2.24, 2.45) is 11.7 Å². The highest BCUT2D eigenvalue weighted by molar-refractivity contribution is 7.84.